The number of benzene rings is 6. The highest BCUT2D eigenvalue weighted by molar-refractivity contribution is 5.93. The Morgan fingerprint density at radius 3 is 1.45 bits per heavy atom. The molecule has 0 fully saturated rings. The second-order valence-corrected chi connectivity index (χ2v) is 11.3. The molecule has 1 unspecified atom stereocenters. The van der Waals surface area contributed by atoms with Gasteiger partial charge < -0.3 is 9.80 Å². The van der Waals surface area contributed by atoms with Crippen molar-refractivity contribution in [2.75, 3.05) is 23.4 Å². The summed E-state index contributed by atoms with van der Waals surface area (Å²) in [7, 11) is 2.21. The quantitative estimate of drug-likeness (QED) is 0.220. The average molecular weight is 541 g/mol. The minimum absolute atomic E-state index is 0.494. The van der Waals surface area contributed by atoms with Gasteiger partial charge in [-0.2, -0.15) is 0 Å². The third-order valence-electron chi connectivity index (χ3n) is 9.25. The summed E-state index contributed by atoms with van der Waals surface area (Å²) < 4.78 is 0. The molecule has 2 nitrogen and oxygen atoms in total. The zero-order valence-corrected chi connectivity index (χ0v) is 24.0. The Morgan fingerprint density at radius 2 is 0.857 bits per heavy atom. The summed E-state index contributed by atoms with van der Waals surface area (Å²) in [6, 6.07) is 53.8. The second kappa shape index (κ2) is 9.49. The molecule has 42 heavy (non-hydrogen) atoms. The number of rotatable bonds is 3. The third-order valence-corrected chi connectivity index (χ3v) is 9.25. The van der Waals surface area contributed by atoms with Gasteiger partial charge in [0, 0.05) is 36.3 Å². The molecular formula is C40H32N2. The van der Waals surface area contributed by atoms with Crippen LogP contribution in [0, 0.1) is 0 Å². The van der Waals surface area contributed by atoms with Crippen LogP contribution in [-0.2, 0) is 5.41 Å². The van der Waals surface area contributed by atoms with Gasteiger partial charge in [-0.05, 0) is 87.8 Å². The van der Waals surface area contributed by atoms with Crippen molar-refractivity contribution in [3.8, 4) is 22.3 Å². The lowest BCUT2D eigenvalue weighted by atomic mass is 9.59. The lowest BCUT2D eigenvalue weighted by Gasteiger charge is -2.51. The molecular weight excluding hydrogens is 508 g/mol. The van der Waals surface area contributed by atoms with E-state index in [1.165, 1.54) is 67.3 Å². The van der Waals surface area contributed by atoms with E-state index in [1.54, 1.807) is 0 Å². The Hall–Kier alpha value is -5.08. The number of hydrogen-bond acceptors (Lipinski definition) is 2. The van der Waals surface area contributed by atoms with Gasteiger partial charge in [0.15, 0.2) is 0 Å². The van der Waals surface area contributed by atoms with Crippen molar-refractivity contribution in [1.29, 1.82) is 0 Å². The van der Waals surface area contributed by atoms with Crippen molar-refractivity contribution in [3.63, 3.8) is 0 Å². The van der Waals surface area contributed by atoms with Gasteiger partial charge in [-0.25, -0.2) is 0 Å². The average Bonchev–Trinajstić information content (AvgIpc) is 3.07. The zero-order chi connectivity index (χ0) is 28.3. The van der Waals surface area contributed by atoms with Crippen LogP contribution in [0.1, 0.15) is 29.2 Å². The Kier molecular flexibility index (Phi) is 5.58. The molecule has 1 atom stereocenters. The summed E-state index contributed by atoms with van der Waals surface area (Å²) in [4.78, 5) is 4.87. The second-order valence-electron chi connectivity index (χ2n) is 11.3. The van der Waals surface area contributed by atoms with Crippen LogP contribution in [0.3, 0.4) is 0 Å². The van der Waals surface area contributed by atoms with E-state index < -0.39 is 5.41 Å². The molecule has 2 aliphatic heterocycles. The first-order chi connectivity index (χ1) is 20.7. The van der Waals surface area contributed by atoms with Gasteiger partial charge in [0.05, 0.1) is 5.41 Å². The van der Waals surface area contributed by atoms with Crippen molar-refractivity contribution < 1.29 is 0 Å². The fraction of sp³-hybridized carbons (Fsp3) is 0.100. The Bertz CT molecular complexity index is 1940. The molecule has 0 radical (unpaired) electrons. The van der Waals surface area contributed by atoms with E-state index in [1.807, 2.05) is 0 Å². The fourth-order valence-electron chi connectivity index (χ4n) is 7.40. The number of anilines is 4. The summed E-state index contributed by atoms with van der Waals surface area (Å²) >= 11 is 0. The molecule has 2 heterocycles. The van der Waals surface area contributed by atoms with Crippen molar-refractivity contribution in [1.82, 2.24) is 0 Å². The third kappa shape index (κ3) is 3.39. The van der Waals surface area contributed by atoms with Crippen LogP contribution in [0.15, 0.2) is 146 Å². The lowest BCUT2D eigenvalue weighted by Crippen LogP contribution is -2.43. The zero-order valence-electron chi connectivity index (χ0n) is 24.0. The van der Waals surface area contributed by atoms with E-state index in [4.69, 9.17) is 0 Å². The summed E-state index contributed by atoms with van der Waals surface area (Å²) in [6.07, 6.45) is 0. The van der Waals surface area contributed by atoms with Crippen molar-refractivity contribution in [3.05, 3.63) is 168 Å². The highest BCUT2D eigenvalue weighted by atomic mass is 15.2. The number of hydrogen-bond donors (Lipinski definition) is 0. The van der Waals surface area contributed by atoms with Gasteiger partial charge in [-0.3, -0.25) is 0 Å². The topological polar surface area (TPSA) is 6.48 Å². The predicted molar refractivity (Wildman–Crippen MR) is 176 cm³/mol. The first-order valence-electron chi connectivity index (χ1n) is 14.8. The largest absolute Gasteiger partial charge is 0.344 e. The Labute approximate surface area is 248 Å². The van der Waals surface area contributed by atoms with Crippen molar-refractivity contribution >= 4 is 22.7 Å². The maximum absolute atomic E-state index is 2.49. The van der Waals surface area contributed by atoms with Crippen LogP contribution >= 0.6 is 0 Å². The molecule has 6 aromatic carbocycles. The van der Waals surface area contributed by atoms with E-state index in [0.717, 1.165) is 6.54 Å². The van der Waals surface area contributed by atoms with Gasteiger partial charge in [-0.1, -0.05) is 109 Å². The number of para-hydroxylation sites is 2. The monoisotopic (exact) mass is 540 g/mol. The van der Waals surface area contributed by atoms with E-state index in [0.29, 0.717) is 0 Å². The van der Waals surface area contributed by atoms with Crippen LogP contribution in [0.25, 0.3) is 22.3 Å². The molecule has 6 aromatic rings. The molecule has 0 saturated carbocycles. The van der Waals surface area contributed by atoms with E-state index in [2.05, 4.69) is 169 Å². The first-order valence-corrected chi connectivity index (χ1v) is 14.8. The maximum atomic E-state index is 2.49. The van der Waals surface area contributed by atoms with Crippen LogP contribution < -0.4 is 9.80 Å². The molecule has 0 aromatic heterocycles. The SMILES string of the molecule is CCN1c2ccccc2C2(c3ccccc3N(C)c3ccc(-c4ccccc4)cc32)c2cc(-c3ccccc3)ccc21. The molecule has 0 N–H and O–H groups in total. The molecule has 1 spiro atoms. The summed E-state index contributed by atoms with van der Waals surface area (Å²) in [5.41, 5.74) is 14.8. The van der Waals surface area contributed by atoms with Gasteiger partial charge in [-0.15, -0.1) is 0 Å². The predicted octanol–water partition coefficient (Wildman–Crippen LogP) is 9.96. The van der Waals surface area contributed by atoms with Crippen molar-refractivity contribution in [2.24, 2.45) is 0 Å². The van der Waals surface area contributed by atoms with E-state index in [-0.39, 0.29) is 0 Å². The molecule has 2 heteroatoms. The lowest BCUT2D eigenvalue weighted by molar-refractivity contribution is 0.706. The highest BCUT2D eigenvalue weighted by Gasteiger charge is 2.51. The van der Waals surface area contributed by atoms with Crippen LogP contribution in [0.2, 0.25) is 0 Å². The van der Waals surface area contributed by atoms with Gasteiger partial charge in [0.2, 0.25) is 0 Å². The fourth-order valence-corrected chi connectivity index (χ4v) is 7.40. The van der Waals surface area contributed by atoms with Crippen LogP contribution in [0.4, 0.5) is 22.7 Å². The molecule has 0 amide bonds. The molecule has 202 valence electrons. The smallest absolute Gasteiger partial charge is 0.0782 e. The Morgan fingerprint density at radius 1 is 0.429 bits per heavy atom. The van der Waals surface area contributed by atoms with E-state index >= 15 is 0 Å². The first kappa shape index (κ1) is 24.7. The minimum Gasteiger partial charge on any atom is -0.344 e. The molecule has 0 aliphatic carbocycles. The normalized spacial score (nSPS) is 16.4. The van der Waals surface area contributed by atoms with Gasteiger partial charge in [0.25, 0.3) is 0 Å². The van der Waals surface area contributed by atoms with Crippen LogP contribution in [0.5, 0.6) is 0 Å². The standard InChI is InChI=1S/C40H32N2/c1-3-42-38-21-13-11-19-33(38)40(35-27-31(23-25-39(35)42)29-16-8-5-9-17-29)32-18-10-12-20-36(32)41(2)37-24-22-30(26-34(37)40)28-14-6-4-7-15-28/h4-27H,3H2,1-2H3. The summed E-state index contributed by atoms with van der Waals surface area (Å²) in [6.45, 7) is 3.15. The Balaban J connectivity index is 1.54. The molecule has 0 saturated heterocycles. The minimum atomic E-state index is -0.494. The molecule has 8 rings (SSSR count). The van der Waals surface area contributed by atoms with Crippen LogP contribution in [-0.4, -0.2) is 13.6 Å². The van der Waals surface area contributed by atoms with Crippen molar-refractivity contribution in [2.45, 2.75) is 12.3 Å². The molecule has 0 bridgehead atoms. The van der Waals surface area contributed by atoms with Gasteiger partial charge in [0.1, 0.15) is 0 Å². The van der Waals surface area contributed by atoms with Gasteiger partial charge >= 0.3 is 0 Å². The highest BCUT2D eigenvalue weighted by Crippen LogP contribution is 2.62. The number of fused-ring (bicyclic) bond motifs is 8. The summed E-state index contributed by atoms with van der Waals surface area (Å²) in [5.74, 6) is 0. The molecule has 2 aliphatic rings. The maximum Gasteiger partial charge on any atom is 0.0782 e. The summed E-state index contributed by atoms with van der Waals surface area (Å²) in [5, 5.41) is 0. The van der Waals surface area contributed by atoms with E-state index in [9.17, 15) is 0 Å². The number of nitrogens with zero attached hydrogens (tertiary/aromatic N) is 2.